The molecule has 11 nitrogen and oxygen atoms in total. The zero-order chi connectivity index (χ0) is 23.4. The molecule has 0 bridgehead atoms. The number of nitrogens with one attached hydrogen (secondary N) is 2. The predicted octanol–water partition coefficient (Wildman–Crippen LogP) is 2.85. The lowest BCUT2D eigenvalue weighted by Crippen LogP contribution is -2.14. The van der Waals surface area contributed by atoms with E-state index in [-0.39, 0.29) is 11.7 Å². The van der Waals surface area contributed by atoms with Gasteiger partial charge in [0.05, 0.1) is 24.8 Å². The molecule has 1 aromatic carbocycles. The zero-order valence-electron chi connectivity index (χ0n) is 17.5. The smallest absolute Gasteiger partial charge is 0.236 e. The van der Waals surface area contributed by atoms with Gasteiger partial charge in [0.2, 0.25) is 21.1 Å². The van der Waals surface area contributed by atoms with Gasteiger partial charge in [0.25, 0.3) is 0 Å². The number of anilines is 2. The molecule has 0 aliphatic heterocycles. The highest BCUT2D eigenvalue weighted by molar-refractivity contribution is 7.99. The molecule has 0 atom stereocenters. The number of aryl methyl sites for hydroxylation is 1. The van der Waals surface area contributed by atoms with Crippen LogP contribution in [0.2, 0.25) is 0 Å². The number of furan rings is 1. The molecule has 3 aromatic heterocycles. The molecule has 0 aliphatic rings. The Bertz CT molecular complexity index is 1350. The van der Waals surface area contributed by atoms with Gasteiger partial charge >= 0.3 is 0 Å². The zero-order valence-corrected chi connectivity index (χ0v) is 20.0. The molecule has 0 aliphatic carbocycles. The second-order valence-electron chi connectivity index (χ2n) is 6.89. The van der Waals surface area contributed by atoms with Gasteiger partial charge in [-0.3, -0.25) is 19.4 Å². The molecule has 4 rings (SSSR count). The summed E-state index contributed by atoms with van der Waals surface area (Å²) in [4.78, 5) is 12.3. The van der Waals surface area contributed by atoms with Gasteiger partial charge in [-0.25, -0.2) is 8.42 Å². The summed E-state index contributed by atoms with van der Waals surface area (Å²) in [5.74, 6) is 1.12. The van der Waals surface area contributed by atoms with Crippen LogP contribution in [0.4, 0.5) is 10.8 Å². The van der Waals surface area contributed by atoms with Crippen molar-refractivity contribution < 1.29 is 17.6 Å². The third-order valence-electron chi connectivity index (χ3n) is 4.16. The van der Waals surface area contributed by atoms with Crippen molar-refractivity contribution >= 4 is 49.8 Å². The molecule has 1 amide bonds. The quantitative estimate of drug-likeness (QED) is 0.328. The minimum Gasteiger partial charge on any atom is -0.467 e. The van der Waals surface area contributed by atoms with Crippen LogP contribution in [0, 0.1) is 6.92 Å². The van der Waals surface area contributed by atoms with Crippen LogP contribution in [0.25, 0.3) is 11.4 Å². The van der Waals surface area contributed by atoms with Crippen LogP contribution in [-0.2, 0) is 21.4 Å². The second-order valence-corrected chi connectivity index (χ2v) is 10.8. The summed E-state index contributed by atoms with van der Waals surface area (Å²) in [5.41, 5.74) is 1.17. The Hall–Kier alpha value is -3.23. The first-order valence-electron chi connectivity index (χ1n) is 9.53. The van der Waals surface area contributed by atoms with Crippen LogP contribution in [-0.4, -0.2) is 51.3 Å². The molecule has 0 unspecified atom stereocenters. The van der Waals surface area contributed by atoms with Gasteiger partial charge in [-0.15, -0.1) is 20.4 Å². The Morgan fingerprint density at radius 1 is 1.15 bits per heavy atom. The lowest BCUT2D eigenvalue weighted by Gasteiger charge is -2.10. The van der Waals surface area contributed by atoms with Crippen molar-refractivity contribution in [3.63, 3.8) is 0 Å². The average Bonchev–Trinajstić information content (AvgIpc) is 3.49. The number of amides is 1. The first kappa shape index (κ1) is 22.9. The standard InChI is InChI=1S/C19H19N7O4S3/c1-12-21-23-18(32-12)20-16(27)11-31-19-24-22-17(26(19)10-15-4-3-9-30-15)13-5-7-14(8-6-13)25-33(2,28)29/h3-9,25H,10-11H2,1-2H3,(H,20,23,27). The van der Waals surface area contributed by atoms with Crippen molar-refractivity contribution in [2.75, 3.05) is 22.0 Å². The van der Waals surface area contributed by atoms with Crippen LogP contribution in [0.3, 0.4) is 0 Å². The third kappa shape index (κ3) is 6.18. The van der Waals surface area contributed by atoms with Gasteiger partial charge in [-0.05, 0) is 43.3 Å². The minimum atomic E-state index is -3.37. The molecule has 172 valence electrons. The van der Waals surface area contributed by atoms with Gasteiger partial charge in [-0.1, -0.05) is 23.1 Å². The maximum atomic E-state index is 12.3. The maximum absolute atomic E-state index is 12.3. The summed E-state index contributed by atoms with van der Waals surface area (Å²) in [5, 5.41) is 20.8. The molecule has 0 fully saturated rings. The summed E-state index contributed by atoms with van der Waals surface area (Å²) in [6.45, 7) is 2.17. The summed E-state index contributed by atoms with van der Waals surface area (Å²) in [6.07, 6.45) is 2.67. The van der Waals surface area contributed by atoms with E-state index in [1.807, 2.05) is 17.6 Å². The van der Waals surface area contributed by atoms with Crippen molar-refractivity contribution in [3.05, 3.63) is 53.4 Å². The normalized spacial score (nSPS) is 11.5. The molecule has 33 heavy (non-hydrogen) atoms. The Morgan fingerprint density at radius 2 is 1.94 bits per heavy atom. The van der Waals surface area contributed by atoms with E-state index in [0.717, 1.165) is 16.8 Å². The molecule has 4 aromatic rings. The topological polar surface area (TPSA) is 145 Å². The number of carbonyl (C=O) groups is 1. The Morgan fingerprint density at radius 3 is 2.58 bits per heavy atom. The highest BCUT2D eigenvalue weighted by Crippen LogP contribution is 2.27. The fourth-order valence-electron chi connectivity index (χ4n) is 2.84. The van der Waals surface area contributed by atoms with Gasteiger partial charge in [0.15, 0.2) is 11.0 Å². The molecule has 2 N–H and O–H groups in total. The highest BCUT2D eigenvalue weighted by atomic mass is 32.2. The maximum Gasteiger partial charge on any atom is 0.236 e. The first-order valence-corrected chi connectivity index (χ1v) is 13.2. The number of benzene rings is 1. The van der Waals surface area contributed by atoms with Gasteiger partial charge in [0, 0.05) is 11.3 Å². The van der Waals surface area contributed by atoms with Gasteiger partial charge in [-0.2, -0.15) is 0 Å². The van der Waals surface area contributed by atoms with Crippen molar-refractivity contribution in [1.82, 2.24) is 25.0 Å². The Kier molecular flexibility index (Phi) is 6.76. The van der Waals surface area contributed by atoms with Crippen LogP contribution in [0.5, 0.6) is 0 Å². The van der Waals surface area contributed by atoms with Crippen molar-refractivity contribution in [2.45, 2.75) is 18.6 Å². The van der Waals surface area contributed by atoms with E-state index in [0.29, 0.717) is 34.1 Å². The second kappa shape index (κ2) is 9.72. The number of thioether (sulfide) groups is 1. The molecule has 0 radical (unpaired) electrons. The molecular weight excluding hydrogens is 486 g/mol. The van der Waals surface area contributed by atoms with Gasteiger partial charge < -0.3 is 4.42 Å². The Balaban J connectivity index is 1.54. The third-order valence-corrected chi connectivity index (χ3v) is 6.49. The van der Waals surface area contributed by atoms with Crippen molar-refractivity contribution in [2.24, 2.45) is 0 Å². The number of nitrogens with zero attached hydrogens (tertiary/aromatic N) is 5. The van der Waals surface area contributed by atoms with E-state index in [9.17, 15) is 13.2 Å². The number of hydrogen-bond acceptors (Lipinski definition) is 10. The number of rotatable bonds is 9. The fraction of sp³-hybridized carbons (Fsp3) is 0.211. The van der Waals surface area contributed by atoms with Crippen LogP contribution in [0.15, 0.2) is 52.2 Å². The Labute approximate surface area is 197 Å². The fourth-order valence-corrected chi connectivity index (χ4v) is 4.75. The molecule has 14 heteroatoms. The van der Waals surface area contributed by atoms with E-state index in [1.165, 1.54) is 23.1 Å². The van der Waals surface area contributed by atoms with Crippen LogP contribution >= 0.6 is 23.1 Å². The van der Waals surface area contributed by atoms with E-state index < -0.39 is 10.0 Å². The lowest BCUT2D eigenvalue weighted by molar-refractivity contribution is -0.113. The molecular formula is C19H19N7O4S3. The molecule has 3 heterocycles. The van der Waals surface area contributed by atoms with E-state index in [4.69, 9.17) is 4.42 Å². The van der Waals surface area contributed by atoms with E-state index in [2.05, 4.69) is 30.4 Å². The van der Waals surface area contributed by atoms with Crippen LogP contribution < -0.4 is 10.0 Å². The van der Waals surface area contributed by atoms with Crippen LogP contribution in [0.1, 0.15) is 10.8 Å². The number of sulfonamides is 1. The van der Waals surface area contributed by atoms with Crippen molar-refractivity contribution in [3.8, 4) is 11.4 Å². The molecule has 0 spiro atoms. The summed E-state index contributed by atoms with van der Waals surface area (Å²) >= 11 is 2.53. The SMILES string of the molecule is Cc1nnc(NC(=O)CSc2nnc(-c3ccc(NS(C)(=O)=O)cc3)n2Cc2ccco2)s1. The first-order chi connectivity index (χ1) is 15.8. The summed E-state index contributed by atoms with van der Waals surface area (Å²) in [6, 6.07) is 10.4. The molecule has 0 saturated carbocycles. The van der Waals surface area contributed by atoms with Gasteiger partial charge in [0.1, 0.15) is 10.8 Å². The highest BCUT2D eigenvalue weighted by Gasteiger charge is 2.18. The number of carbonyl (C=O) groups excluding carboxylic acids is 1. The largest absolute Gasteiger partial charge is 0.467 e. The predicted molar refractivity (Wildman–Crippen MR) is 126 cm³/mol. The number of hydrogen-bond donors (Lipinski definition) is 2. The minimum absolute atomic E-state index is 0.103. The average molecular weight is 506 g/mol. The summed E-state index contributed by atoms with van der Waals surface area (Å²) in [7, 11) is -3.37. The summed E-state index contributed by atoms with van der Waals surface area (Å²) < 4.78 is 32.6. The monoisotopic (exact) mass is 505 g/mol. The number of aromatic nitrogens is 5. The van der Waals surface area contributed by atoms with E-state index >= 15 is 0 Å². The van der Waals surface area contributed by atoms with Crippen molar-refractivity contribution in [1.29, 1.82) is 0 Å². The molecule has 0 saturated heterocycles. The lowest BCUT2D eigenvalue weighted by atomic mass is 10.2. The van der Waals surface area contributed by atoms with E-state index in [1.54, 1.807) is 36.6 Å².